The van der Waals surface area contributed by atoms with Crippen molar-refractivity contribution in [2.24, 2.45) is 0 Å². The summed E-state index contributed by atoms with van der Waals surface area (Å²) in [7, 11) is 0. The molecule has 0 saturated carbocycles. The summed E-state index contributed by atoms with van der Waals surface area (Å²) in [6.07, 6.45) is 0.735. The number of aryl methyl sites for hydroxylation is 1. The zero-order valence-electron chi connectivity index (χ0n) is 12.2. The Morgan fingerprint density at radius 1 is 1.29 bits per heavy atom. The summed E-state index contributed by atoms with van der Waals surface area (Å²) in [5.41, 5.74) is 9.27. The molecule has 3 N–H and O–H groups in total. The lowest BCUT2D eigenvalue weighted by molar-refractivity contribution is -0.117. The Morgan fingerprint density at radius 3 is 2.52 bits per heavy atom. The summed E-state index contributed by atoms with van der Waals surface area (Å²) in [6.45, 7) is 3.97. The Labute approximate surface area is 133 Å². The van der Waals surface area contributed by atoms with E-state index < -0.39 is 0 Å². The van der Waals surface area contributed by atoms with Crippen LogP contribution in [0.4, 0.5) is 11.4 Å². The number of hydrogen-bond acceptors (Lipinski definition) is 2. The molecule has 3 nitrogen and oxygen atoms in total. The molecule has 0 bridgehead atoms. The van der Waals surface area contributed by atoms with E-state index in [4.69, 9.17) is 5.73 Å². The number of carbonyl (C=O) groups excluding carboxylic acids is 1. The molecule has 1 unspecified atom stereocenters. The number of amides is 1. The molecule has 0 fully saturated rings. The van der Waals surface area contributed by atoms with Crippen LogP contribution in [-0.2, 0) is 4.79 Å². The maximum Gasteiger partial charge on any atom is 0.231 e. The van der Waals surface area contributed by atoms with Crippen LogP contribution in [0, 0.1) is 6.92 Å². The van der Waals surface area contributed by atoms with Gasteiger partial charge in [0.25, 0.3) is 0 Å². The van der Waals surface area contributed by atoms with Crippen molar-refractivity contribution in [3.63, 3.8) is 0 Å². The van der Waals surface area contributed by atoms with Crippen LogP contribution in [0.5, 0.6) is 0 Å². The van der Waals surface area contributed by atoms with Gasteiger partial charge in [-0.15, -0.1) is 0 Å². The third-order valence-corrected chi connectivity index (χ3v) is 4.07. The molecule has 0 saturated heterocycles. The molecular formula is C17H19BrN2O. The van der Waals surface area contributed by atoms with Gasteiger partial charge in [-0.05, 0) is 52.5 Å². The highest BCUT2D eigenvalue weighted by molar-refractivity contribution is 9.10. The zero-order chi connectivity index (χ0) is 15.4. The summed E-state index contributed by atoms with van der Waals surface area (Å²) in [4.78, 5) is 12.5. The number of rotatable bonds is 4. The van der Waals surface area contributed by atoms with Crippen LogP contribution in [0.15, 0.2) is 46.9 Å². The number of benzene rings is 2. The summed E-state index contributed by atoms with van der Waals surface area (Å²) >= 11 is 3.46. The minimum Gasteiger partial charge on any atom is -0.397 e. The highest BCUT2D eigenvalue weighted by Crippen LogP contribution is 2.32. The summed E-state index contributed by atoms with van der Waals surface area (Å²) in [6, 6.07) is 13.6. The van der Waals surface area contributed by atoms with E-state index in [0.717, 1.165) is 22.0 Å². The summed E-state index contributed by atoms with van der Waals surface area (Å²) < 4.78 is 0.802. The fourth-order valence-corrected chi connectivity index (χ4v) is 3.06. The molecule has 0 aliphatic rings. The van der Waals surface area contributed by atoms with E-state index in [1.807, 2.05) is 56.3 Å². The van der Waals surface area contributed by atoms with Crippen molar-refractivity contribution in [3.05, 3.63) is 58.1 Å². The fraction of sp³-hybridized carbons (Fsp3) is 0.235. The fourth-order valence-electron chi connectivity index (χ4n) is 2.37. The molecule has 0 radical (unpaired) electrons. The molecule has 2 rings (SSSR count). The summed E-state index contributed by atoms with van der Waals surface area (Å²) in [5, 5.41) is 2.94. The predicted molar refractivity (Wildman–Crippen MR) is 91.4 cm³/mol. The molecule has 1 amide bonds. The van der Waals surface area contributed by atoms with E-state index in [1.54, 1.807) is 0 Å². The van der Waals surface area contributed by atoms with E-state index >= 15 is 0 Å². The van der Waals surface area contributed by atoms with Crippen LogP contribution >= 0.6 is 15.9 Å². The van der Waals surface area contributed by atoms with E-state index in [0.29, 0.717) is 11.4 Å². The Hall–Kier alpha value is -1.81. The lowest BCUT2D eigenvalue weighted by Crippen LogP contribution is -2.21. The van der Waals surface area contributed by atoms with Gasteiger partial charge in [-0.1, -0.05) is 37.3 Å². The number of nitrogen functional groups attached to an aromatic ring is 1. The molecule has 0 aliphatic heterocycles. The second-order valence-electron chi connectivity index (χ2n) is 5.07. The van der Waals surface area contributed by atoms with Crippen molar-refractivity contribution in [2.75, 3.05) is 11.1 Å². The molecule has 1 atom stereocenters. The number of hydrogen-bond donors (Lipinski definition) is 2. The van der Waals surface area contributed by atoms with Crippen LogP contribution in [0.3, 0.4) is 0 Å². The number of halogens is 1. The van der Waals surface area contributed by atoms with E-state index in [2.05, 4.69) is 21.2 Å². The van der Waals surface area contributed by atoms with Gasteiger partial charge in [0.1, 0.15) is 0 Å². The minimum absolute atomic E-state index is 0.0417. The van der Waals surface area contributed by atoms with Crippen LogP contribution in [0.25, 0.3) is 0 Å². The second-order valence-corrected chi connectivity index (χ2v) is 5.93. The van der Waals surface area contributed by atoms with Crippen LogP contribution in [-0.4, -0.2) is 5.91 Å². The Kier molecular flexibility index (Phi) is 5.02. The first-order chi connectivity index (χ1) is 10.0. The average molecular weight is 347 g/mol. The second kappa shape index (κ2) is 6.76. The molecule has 2 aromatic carbocycles. The van der Waals surface area contributed by atoms with Gasteiger partial charge in [0.15, 0.2) is 0 Å². The first-order valence-corrected chi connectivity index (χ1v) is 7.73. The summed E-state index contributed by atoms with van der Waals surface area (Å²) in [5.74, 6) is -0.223. The average Bonchev–Trinajstić information content (AvgIpc) is 2.45. The van der Waals surface area contributed by atoms with Gasteiger partial charge < -0.3 is 11.1 Å². The Morgan fingerprint density at radius 2 is 1.95 bits per heavy atom. The van der Waals surface area contributed by atoms with Gasteiger partial charge in [-0.25, -0.2) is 0 Å². The van der Waals surface area contributed by atoms with Crippen molar-refractivity contribution < 1.29 is 4.79 Å². The standard InChI is InChI=1S/C17H19BrN2O/c1-3-13(12-7-5-4-6-8-12)17(21)20-16-14(18)9-11(2)10-15(16)19/h4-10,13H,3,19H2,1-2H3,(H,20,21). The molecule has 4 heteroatoms. The van der Waals surface area contributed by atoms with Gasteiger partial charge >= 0.3 is 0 Å². The Balaban J connectivity index is 2.25. The monoisotopic (exact) mass is 346 g/mol. The van der Waals surface area contributed by atoms with Gasteiger partial charge in [-0.3, -0.25) is 4.79 Å². The van der Waals surface area contributed by atoms with Crippen LogP contribution < -0.4 is 11.1 Å². The predicted octanol–water partition coefficient (Wildman–Crippen LogP) is 4.47. The van der Waals surface area contributed by atoms with Gasteiger partial charge in [0.2, 0.25) is 5.91 Å². The van der Waals surface area contributed by atoms with Gasteiger partial charge in [0, 0.05) is 4.47 Å². The molecule has 21 heavy (non-hydrogen) atoms. The number of nitrogens with one attached hydrogen (secondary N) is 1. The number of nitrogens with two attached hydrogens (primary N) is 1. The molecule has 0 spiro atoms. The number of anilines is 2. The highest BCUT2D eigenvalue weighted by atomic mass is 79.9. The molecule has 110 valence electrons. The maximum absolute atomic E-state index is 12.5. The van der Waals surface area contributed by atoms with Crippen molar-refractivity contribution in [1.29, 1.82) is 0 Å². The smallest absolute Gasteiger partial charge is 0.231 e. The third-order valence-electron chi connectivity index (χ3n) is 3.44. The van der Waals surface area contributed by atoms with Crippen molar-refractivity contribution in [2.45, 2.75) is 26.2 Å². The van der Waals surface area contributed by atoms with E-state index in [1.165, 1.54) is 0 Å². The van der Waals surface area contributed by atoms with Crippen molar-refractivity contribution in [3.8, 4) is 0 Å². The minimum atomic E-state index is -0.182. The quantitative estimate of drug-likeness (QED) is 0.802. The lowest BCUT2D eigenvalue weighted by Gasteiger charge is -2.17. The third kappa shape index (κ3) is 3.64. The number of carbonyl (C=O) groups is 1. The first kappa shape index (κ1) is 15.6. The topological polar surface area (TPSA) is 55.1 Å². The zero-order valence-corrected chi connectivity index (χ0v) is 13.8. The van der Waals surface area contributed by atoms with Crippen molar-refractivity contribution in [1.82, 2.24) is 0 Å². The molecule has 0 heterocycles. The van der Waals surface area contributed by atoms with Crippen LogP contribution in [0.2, 0.25) is 0 Å². The molecule has 2 aromatic rings. The molecular weight excluding hydrogens is 328 g/mol. The molecule has 0 aromatic heterocycles. The van der Waals surface area contributed by atoms with Crippen molar-refractivity contribution >= 4 is 33.2 Å². The SMILES string of the molecule is CCC(C(=O)Nc1c(N)cc(C)cc1Br)c1ccccc1. The normalized spacial score (nSPS) is 12.0. The van der Waals surface area contributed by atoms with E-state index in [-0.39, 0.29) is 11.8 Å². The van der Waals surface area contributed by atoms with E-state index in [9.17, 15) is 4.79 Å². The largest absolute Gasteiger partial charge is 0.397 e. The Bertz CT molecular complexity index is 617. The lowest BCUT2D eigenvalue weighted by atomic mass is 9.95. The highest BCUT2D eigenvalue weighted by Gasteiger charge is 2.20. The van der Waals surface area contributed by atoms with Crippen LogP contribution in [0.1, 0.15) is 30.4 Å². The van der Waals surface area contributed by atoms with Gasteiger partial charge in [0.05, 0.1) is 17.3 Å². The van der Waals surface area contributed by atoms with Gasteiger partial charge in [-0.2, -0.15) is 0 Å². The first-order valence-electron chi connectivity index (χ1n) is 6.94. The molecule has 0 aliphatic carbocycles. The maximum atomic E-state index is 12.5.